The molecule has 26 heavy (non-hydrogen) atoms. The molecular weight excluding hydrogens is 356 g/mol. The number of nitrogens with zero attached hydrogens (tertiary/aromatic N) is 4. The smallest absolute Gasteiger partial charge is 0.280 e. The Morgan fingerprint density at radius 1 is 1.19 bits per heavy atom. The molecule has 0 radical (unpaired) electrons. The minimum absolute atomic E-state index is 0.227. The van der Waals surface area contributed by atoms with Gasteiger partial charge in [0.2, 0.25) is 0 Å². The van der Waals surface area contributed by atoms with Crippen molar-refractivity contribution in [3.8, 4) is 11.6 Å². The maximum absolute atomic E-state index is 12.9. The van der Waals surface area contributed by atoms with E-state index in [1.807, 2.05) is 6.92 Å². The van der Waals surface area contributed by atoms with Crippen molar-refractivity contribution in [1.29, 1.82) is 0 Å². The van der Waals surface area contributed by atoms with Crippen LogP contribution in [0.15, 0.2) is 39.9 Å². The molecule has 3 aromatic heterocycles. The van der Waals surface area contributed by atoms with Crippen LogP contribution in [0.5, 0.6) is 0 Å². The lowest BCUT2D eigenvalue weighted by atomic mass is 10.2. The molecule has 0 spiro atoms. The molecule has 0 saturated carbocycles. The summed E-state index contributed by atoms with van der Waals surface area (Å²) in [7, 11) is 0. The van der Waals surface area contributed by atoms with Crippen LogP contribution in [0.1, 0.15) is 18.4 Å². The molecule has 0 bridgehead atoms. The summed E-state index contributed by atoms with van der Waals surface area (Å²) in [6, 6.07) is 8.21. The van der Waals surface area contributed by atoms with Gasteiger partial charge in [-0.3, -0.25) is 19.8 Å². The number of hydrogen-bond donors (Lipinski definition) is 2. The van der Waals surface area contributed by atoms with E-state index in [0.29, 0.717) is 39.6 Å². The number of pyridine rings is 1. The van der Waals surface area contributed by atoms with Crippen LogP contribution in [-0.4, -0.2) is 29.5 Å². The number of aryl methyl sites for hydroxylation is 2. The predicted molar refractivity (Wildman–Crippen MR) is 98.6 cm³/mol. The first kappa shape index (κ1) is 16.3. The Kier molecular flexibility index (Phi) is 3.77. The lowest BCUT2D eigenvalue weighted by Gasteiger charge is -2.04. The molecule has 0 aliphatic rings. The first-order valence-electron chi connectivity index (χ1n) is 8.04. The summed E-state index contributed by atoms with van der Waals surface area (Å²) in [4.78, 5) is 29.8. The lowest BCUT2D eigenvalue weighted by Crippen LogP contribution is -2.22. The molecule has 8 nitrogen and oxygen atoms in total. The minimum atomic E-state index is -0.318. The number of hydrogen-bond acceptors (Lipinski definition) is 4. The third-order valence-corrected chi connectivity index (χ3v) is 4.50. The summed E-state index contributed by atoms with van der Waals surface area (Å²) in [6.45, 7) is 3.63. The highest BCUT2D eigenvalue weighted by molar-refractivity contribution is 6.30. The number of fused-ring (bicyclic) bond motifs is 1. The molecule has 132 valence electrons. The normalized spacial score (nSPS) is 11.3. The van der Waals surface area contributed by atoms with Crippen LogP contribution in [-0.2, 0) is 6.42 Å². The highest BCUT2D eigenvalue weighted by atomic mass is 35.5. The van der Waals surface area contributed by atoms with E-state index >= 15 is 0 Å². The number of H-pyrrole nitrogens is 2. The van der Waals surface area contributed by atoms with Crippen molar-refractivity contribution < 1.29 is 0 Å². The monoisotopic (exact) mass is 370 g/mol. The van der Waals surface area contributed by atoms with Gasteiger partial charge in [0, 0.05) is 23.2 Å². The fourth-order valence-corrected chi connectivity index (χ4v) is 3.06. The highest BCUT2D eigenvalue weighted by Gasteiger charge is 2.18. The van der Waals surface area contributed by atoms with Crippen LogP contribution in [0.3, 0.4) is 0 Å². The topological polar surface area (TPSA) is 101 Å². The molecule has 4 rings (SSSR count). The Morgan fingerprint density at radius 3 is 2.58 bits per heavy atom. The molecule has 4 aromatic rings. The molecular formula is C17H15ClN6O2. The van der Waals surface area contributed by atoms with E-state index in [1.165, 1.54) is 15.3 Å². The molecule has 0 aliphatic carbocycles. The summed E-state index contributed by atoms with van der Waals surface area (Å²) >= 11 is 5.91. The minimum Gasteiger partial charge on any atom is -0.290 e. The molecule has 0 aliphatic heterocycles. The van der Waals surface area contributed by atoms with E-state index < -0.39 is 0 Å². The van der Waals surface area contributed by atoms with E-state index in [4.69, 9.17) is 11.6 Å². The summed E-state index contributed by atoms with van der Waals surface area (Å²) < 4.78 is 2.71. The van der Waals surface area contributed by atoms with Gasteiger partial charge in [0.1, 0.15) is 5.82 Å². The van der Waals surface area contributed by atoms with E-state index in [9.17, 15) is 9.59 Å². The van der Waals surface area contributed by atoms with Gasteiger partial charge in [0.25, 0.3) is 17.1 Å². The Morgan fingerprint density at radius 2 is 1.92 bits per heavy atom. The van der Waals surface area contributed by atoms with Gasteiger partial charge in [-0.25, -0.2) is 9.25 Å². The number of nitrogens with one attached hydrogen (secondary N) is 2. The molecule has 0 saturated heterocycles. The van der Waals surface area contributed by atoms with Gasteiger partial charge in [-0.1, -0.05) is 18.5 Å². The molecule has 0 unspecified atom stereocenters. The Labute approximate surface area is 152 Å². The van der Waals surface area contributed by atoms with E-state index in [1.54, 1.807) is 31.2 Å². The van der Waals surface area contributed by atoms with Crippen molar-refractivity contribution >= 4 is 22.5 Å². The van der Waals surface area contributed by atoms with Crippen molar-refractivity contribution in [1.82, 2.24) is 29.5 Å². The van der Waals surface area contributed by atoms with Gasteiger partial charge < -0.3 is 0 Å². The second-order valence-corrected chi connectivity index (χ2v) is 6.29. The van der Waals surface area contributed by atoms with Crippen molar-refractivity contribution in [2.75, 3.05) is 0 Å². The molecule has 0 fully saturated rings. The average Bonchev–Trinajstić information content (AvgIpc) is 3.20. The van der Waals surface area contributed by atoms with Gasteiger partial charge in [-0.05, 0) is 31.2 Å². The SMILES string of the molecule is CCc1nc(-n2c(C)c3c(=O)n(-c4ccc(Cl)cc4)[nH]c3cc2=O)n[nH]1. The maximum Gasteiger partial charge on any atom is 0.280 e. The van der Waals surface area contributed by atoms with E-state index in [0.717, 1.165) is 0 Å². The Bertz CT molecular complexity index is 1230. The Hall–Kier alpha value is -3.13. The molecule has 0 atom stereocenters. The van der Waals surface area contributed by atoms with Crippen LogP contribution in [0.4, 0.5) is 0 Å². The van der Waals surface area contributed by atoms with Crippen LogP contribution in [0, 0.1) is 6.92 Å². The van der Waals surface area contributed by atoms with E-state index in [2.05, 4.69) is 20.3 Å². The summed E-state index contributed by atoms with van der Waals surface area (Å²) in [5.41, 5.74) is 0.971. The van der Waals surface area contributed by atoms with Crippen LogP contribution < -0.4 is 11.1 Å². The van der Waals surface area contributed by atoms with Crippen molar-refractivity contribution in [3.05, 3.63) is 67.6 Å². The zero-order valence-corrected chi connectivity index (χ0v) is 14.8. The van der Waals surface area contributed by atoms with E-state index in [-0.39, 0.29) is 17.1 Å². The fraction of sp³-hybridized carbons (Fsp3) is 0.176. The predicted octanol–water partition coefficient (Wildman–Crippen LogP) is 2.11. The number of aromatic nitrogens is 6. The summed E-state index contributed by atoms with van der Waals surface area (Å²) in [6.07, 6.45) is 0.663. The van der Waals surface area contributed by atoms with Crippen molar-refractivity contribution in [2.45, 2.75) is 20.3 Å². The first-order valence-corrected chi connectivity index (χ1v) is 8.42. The third kappa shape index (κ3) is 2.46. The fourth-order valence-electron chi connectivity index (χ4n) is 2.94. The molecule has 1 aromatic carbocycles. The number of benzene rings is 1. The number of rotatable bonds is 3. The van der Waals surface area contributed by atoms with Gasteiger partial charge in [0.05, 0.1) is 16.6 Å². The summed E-state index contributed by atoms with van der Waals surface area (Å²) in [5.74, 6) is 0.893. The Balaban J connectivity index is 1.98. The quantitative estimate of drug-likeness (QED) is 0.576. The maximum atomic E-state index is 12.9. The second-order valence-electron chi connectivity index (χ2n) is 5.86. The van der Waals surface area contributed by atoms with Crippen LogP contribution in [0.25, 0.3) is 22.5 Å². The van der Waals surface area contributed by atoms with Gasteiger partial charge in [0.15, 0.2) is 0 Å². The molecule has 9 heteroatoms. The molecule has 3 heterocycles. The van der Waals surface area contributed by atoms with Gasteiger partial charge >= 0.3 is 0 Å². The van der Waals surface area contributed by atoms with Crippen molar-refractivity contribution in [3.63, 3.8) is 0 Å². The molecule has 0 amide bonds. The average molecular weight is 371 g/mol. The van der Waals surface area contributed by atoms with Crippen molar-refractivity contribution in [2.24, 2.45) is 0 Å². The number of halogens is 1. The summed E-state index contributed by atoms with van der Waals surface area (Å²) in [5, 5.41) is 10.8. The largest absolute Gasteiger partial charge is 0.290 e. The first-order chi connectivity index (χ1) is 12.5. The lowest BCUT2D eigenvalue weighted by molar-refractivity contribution is 0.863. The third-order valence-electron chi connectivity index (χ3n) is 4.24. The standard InChI is InChI=1S/C17H15ClN6O2/c1-3-13-19-17(21-20-13)23-9(2)15-12(8-14(23)25)22-24(16(15)26)11-6-4-10(18)5-7-11/h4-8,22H,3H2,1-2H3,(H,19,20,21). The van der Waals surface area contributed by atoms with Gasteiger partial charge in [-0.15, -0.1) is 5.10 Å². The number of aromatic amines is 2. The zero-order valence-electron chi connectivity index (χ0n) is 14.1. The van der Waals surface area contributed by atoms with Crippen LogP contribution in [0.2, 0.25) is 5.02 Å². The zero-order chi connectivity index (χ0) is 18.4. The second kappa shape index (κ2) is 5.99. The van der Waals surface area contributed by atoms with Crippen LogP contribution >= 0.6 is 11.6 Å². The molecule has 2 N–H and O–H groups in total. The highest BCUT2D eigenvalue weighted by Crippen LogP contribution is 2.16. The van der Waals surface area contributed by atoms with Gasteiger partial charge in [-0.2, -0.15) is 4.98 Å².